The molecule has 2 aliphatic carbocycles. The fourth-order valence-corrected chi connectivity index (χ4v) is 3.95. The SMILES string of the molecule is C[C@H](O)c1ccnc(N(C)CC2CC3CCC2C3)c1. The molecule has 0 aromatic carbocycles. The first-order valence-electron chi connectivity index (χ1n) is 7.48. The normalized spacial score (nSPS) is 30.6. The maximum absolute atomic E-state index is 9.65. The van der Waals surface area contributed by atoms with Crippen LogP contribution >= 0.6 is 0 Å². The summed E-state index contributed by atoms with van der Waals surface area (Å²) in [6.07, 6.45) is 7.14. The van der Waals surface area contributed by atoms with Crippen LogP contribution in [0, 0.1) is 17.8 Å². The summed E-state index contributed by atoms with van der Waals surface area (Å²) in [5, 5.41) is 9.65. The first kappa shape index (κ1) is 12.9. The van der Waals surface area contributed by atoms with Gasteiger partial charge in [-0.2, -0.15) is 0 Å². The zero-order chi connectivity index (χ0) is 13.4. The Hall–Kier alpha value is -1.09. The average molecular weight is 260 g/mol. The van der Waals surface area contributed by atoms with Crippen LogP contribution in [0.1, 0.15) is 44.3 Å². The Bertz CT molecular complexity index is 446. The van der Waals surface area contributed by atoms with Gasteiger partial charge in [0.2, 0.25) is 0 Å². The van der Waals surface area contributed by atoms with E-state index in [4.69, 9.17) is 0 Å². The third-order valence-electron chi connectivity index (χ3n) is 5.04. The zero-order valence-electron chi connectivity index (χ0n) is 11.9. The number of aromatic nitrogens is 1. The predicted octanol–water partition coefficient (Wildman–Crippen LogP) is 3.01. The van der Waals surface area contributed by atoms with Crippen molar-refractivity contribution in [2.75, 3.05) is 18.5 Å². The molecule has 2 saturated carbocycles. The standard InChI is InChI=1S/C16H24N2O/c1-11(19)13-5-6-17-16(9-13)18(2)10-15-8-12-3-4-14(15)7-12/h5-6,9,11-12,14-15,19H,3-4,7-8,10H2,1-2H3/t11-,12?,14?,15?/m0/s1. The van der Waals surface area contributed by atoms with Gasteiger partial charge >= 0.3 is 0 Å². The number of hydrogen-bond acceptors (Lipinski definition) is 3. The summed E-state index contributed by atoms with van der Waals surface area (Å²) in [5.74, 6) is 3.79. The second-order valence-electron chi connectivity index (χ2n) is 6.44. The second kappa shape index (κ2) is 5.12. The number of pyridine rings is 1. The molecule has 0 spiro atoms. The maximum atomic E-state index is 9.65. The van der Waals surface area contributed by atoms with Gasteiger partial charge in [0.15, 0.2) is 0 Å². The molecular formula is C16H24N2O. The minimum Gasteiger partial charge on any atom is -0.389 e. The van der Waals surface area contributed by atoms with Gasteiger partial charge in [-0.3, -0.25) is 0 Å². The van der Waals surface area contributed by atoms with Crippen molar-refractivity contribution in [2.45, 2.75) is 38.7 Å². The summed E-state index contributed by atoms with van der Waals surface area (Å²) in [5.41, 5.74) is 0.949. The van der Waals surface area contributed by atoms with Gasteiger partial charge in [0, 0.05) is 19.8 Å². The van der Waals surface area contributed by atoms with Gasteiger partial charge in [-0.05, 0) is 61.6 Å². The molecule has 2 bridgehead atoms. The van der Waals surface area contributed by atoms with Gasteiger partial charge in [-0.15, -0.1) is 0 Å². The summed E-state index contributed by atoms with van der Waals surface area (Å²) in [6, 6.07) is 3.90. The Morgan fingerprint density at radius 1 is 1.42 bits per heavy atom. The first-order valence-corrected chi connectivity index (χ1v) is 7.48. The highest BCUT2D eigenvalue weighted by Gasteiger charge is 2.39. The van der Waals surface area contributed by atoms with Crippen molar-refractivity contribution in [2.24, 2.45) is 17.8 Å². The zero-order valence-corrected chi connectivity index (χ0v) is 11.9. The molecule has 3 heteroatoms. The average Bonchev–Trinajstić information content (AvgIpc) is 3.01. The van der Waals surface area contributed by atoms with E-state index in [0.717, 1.165) is 35.7 Å². The predicted molar refractivity (Wildman–Crippen MR) is 77.1 cm³/mol. The molecule has 19 heavy (non-hydrogen) atoms. The molecule has 1 aromatic rings. The van der Waals surface area contributed by atoms with Crippen LogP contribution in [0.15, 0.2) is 18.3 Å². The van der Waals surface area contributed by atoms with Crippen LogP contribution in [0.5, 0.6) is 0 Å². The molecule has 3 rings (SSSR count). The van der Waals surface area contributed by atoms with Crippen LogP contribution < -0.4 is 4.90 Å². The number of hydrogen-bond donors (Lipinski definition) is 1. The van der Waals surface area contributed by atoms with Gasteiger partial charge < -0.3 is 10.0 Å². The van der Waals surface area contributed by atoms with Crippen molar-refractivity contribution in [3.8, 4) is 0 Å². The van der Waals surface area contributed by atoms with Crippen LogP contribution in [0.25, 0.3) is 0 Å². The molecule has 4 atom stereocenters. The lowest BCUT2D eigenvalue weighted by Crippen LogP contribution is -2.29. The monoisotopic (exact) mass is 260 g/mol. The number of nitrogens with zero attached hydrogens (tertiary/aromatic N) is 2. The Kier molecular flexibility index (Phi) is 3.48. The summed E-state index contributed by atoms with van der Waals surface area (Å²) in [4.78, 5) is 6.70. The van der Waals surface area contributed by atoms with E-state index >= 15 is 0 Å². The fraction of sp³-hybridized carbons (Fsp3) is 0.688. The Morgan fingerprint density at radius 3 is 2.89 bits per heavy atom. The molecule has 104 valence electrons. The molecule has 1 N–H and O–H groups in total. The number of fused-ring (bicyclic) bond motifs is 2. The van der Waals surface area contributed by atoms with E-state index in [2.05, 4.69) is 16.9 Å². The van der Waals surface area contributed by atoms with Crippen LogP contribution in [0.3, 0.4) is 0 Å². The minimum absolute atomic E-state index is 0.419. The fourth-order valence-electron chi connectivity index (χ4n) is 3.95. The first-order chi connectivity index (χ1) is 9.13. The van der Waals surface area contributed by atoms with Gasteiger partial charge in [0.05, 0.1) is 6.10 Å². The highest BCUT2D eigenvalue weighted by atomic mass is 16.3. The summed E-state index contributed by atoms with van der Waals surface area (Å²) in [6.45, 7) is 2.91. The molecule has 2 fully saturated rings. The number of aliphatic hydroxyl groups excluding tert-OH is 1. The van der Waals surface area contributed by atoms with Crippen molar-refractivity contribution in [3.63, 3.8) is 0 Å². The molecule has 1 heterocycles. The molecule has 0 saturated heterocycles. The molecule has 0 amide bonds. The molecule has 0 radical (unpaired) electrons. The largest absolute Gasteiger partial charge is 0.389 e. The Balaban J connectivity index is 1.66. The van der Waals surface area contributed by atoms with Crippen molar-refractivity contribution in [1.29, 1.82) is 0 Å². The lowest BCUT2D eigenvalue weighted by molar-refractivity contribution is 0.199. The molecular weight excluding hydrogens is 236 g/mol. The van der Waals surface area contributed by atoms with E-state index in [0.29, 0.717) is 0 Å². The van der Waals surface area contributed by atoms with E-state index in [1.807, 2.05) is 12.1 Å². The highest BCUT2D eigenvalue weighted by molar-refractivity contribution is 5.40. The Labute approximate surface area is 115 Å². The van der Waals surface area contributed by atoms with Crippen molar-refractivity contribution in [3.05, 3.63) is 23.9 Å². The highest BCUT2D eigenvalue weighted by Crippen LogP contribution is 2.48. The van der Waals surface area contributed by atoms with Gasteiger partial charge in [0.25, 0.3) is 0 Å². The molecule has 3 nitrogen and oxygen atoms in total. The third-order valence-corrected chi connectivity index (χ3v) is 5.04. The van der Waals surface area contributed by atoms with Crippen LogP contribution in [-0.2, 0) is 0 Å². The van der Waals surface area contributed by atoms with Crippen LogP contribution in [0.4, 0.5) is 5.82 Å². The van der Waals surface area contributed by atoms with E-state index in [1.165, 1.54) is 25.7 Å². The van der Waals surface area contributed by atoms with Crippen molar-refractivity contribution < 1.29 is 5.11 Å². The van der Waals surface area contributed by atoms with E-state index in [-0.39, 0.29) is 0 Å². The van der Waals surface area contributed by atoms with E-state index in [1.54, 1.807) is 13.1 Å². The topological polar surface area (TPSA) is 36.4 Å². The maximum Gasteiger partial charge on any atom is 0.128 e. The lowest BCUT2D eigenvalue weighted by atomic mass is 9.88. The Morgan fingerprint density at radius 2 is 2.26 bits per heavy atom. The van der Waals surface area contributed by atoms with E-state index < -0.39 is 6.10 Å². The lowest BCUT2D eigenvalue weighted by Gasteiger charge is -2.28. The molecule has 3 unspecified atom stereocenters. The van der Waals surface area contributed by atoms with Gasteiger partial charge in [-0.1, -0.05) is 6.42 Å². The summed E-state index contributed by atoms with van der Waals surface area (Å²) in [7, 11) is 2.13. The van der Waals surface area contributed by atoms with Crippen LogP contribution in [-0.4, -0.2) is 23.7 Å². The number of aliphatic hydroxyl groups is 1. The van der Waals surface area contributed by atoms with Crippen molar-refractivity contribution in [1.82, 2.24) is 4.98 Å². The quantitative estimate of drug-likeness (QED) is 0.904. The smallest absolute Gasteiger partial charge is 0.128 e. The van der Waals surface area contributed by atoms with Gasteiger partial charge in [0.1, 0.15) is 5.82 Å². The molecule has 1 aromatic heterocycles. The van der Waals surface area contributed by atoms with E-state index in [9.17, 15) is 5.11 Å². The van der Waals surface area contributed by atoms with Crippen molar-refractivity contribution >= 4 is 5.82 Å². The third kappa shape index (κ3) is 2.62. The number of anilines is 1. The summed E-state index contributed by atoms with van der Waals surface area (Å²) < 4.78 is 0. The summed E-state index contributed by atoms with van der Waals surface area (Å²) >= 11 is 0. The molecule has 0 aliphatic heterocycles. The van der Waals surface area contributed by atoms with Gasteiger partial charge in [-0.25, -0.2) is 4.98 Å². The minimum atomic E-state index is -0.419. The van der Waals surface area contributed by atoms with Crippen LogP contribution in [0.2, 0.25) is 0 Å². The second-order valence-corrected chi connectivity index (χ2v) is 6.44. The molecule has 2 aliphatic rings. The number of rotatable bonds is 4.